The van der Waals surface area contributed by atoms with Crippen molar-refractivity contribution in [2.24, 2.45) is 10.2 Å². The number of ether oxygens (including phenoxy) is 1. The van der Waals surface area contributed by atoms with Crippen LogP contribution in [-0.4, -0.2) is 5.11 Å². The van der Waals surface area contributed by atoms with Crippen LogP contribution >= 0.6 is 0 Å². The van der Waals surface area contributed by atoms with Gasteiger partial charge < -0.3 is 9.84 Å². The minimum absolute atomic E-state index is 0.129. The van der Waals surface area contributed by atoms with Crippen LogP contribution in [-0.2, 0) is 0 Å². The van der Waals surface area contributed by atoms with E-state index in [1.165, 1.54) is 0 Å². The molecule has 0 saturated heterocycles. The zero-order chi connectivity index (χ0) is 18.4. The monoisotopic (exact) mass is 346 g/mol. The fourth-order valence-corrected chi connectivity index (χ4v) is 2.48. The molecule has 0 amide bonds. The topological polar surface area (TPSA) is 54.2 Å². The molecule has 0 bridgehead atoms. The second kappa shape index (κ2) is 8.30. The molecule has 0 aliphatic heterocycles. The Kier molecular flexibility index (Phi) is 5.64. The third kappa shape index (κ3) is 4.48. The summed E-state index contributed by atoms with van der Waals surface area (Å²) >= 11 is 0. The first kappa shape index (κ1) is 17.7. The Labute approximate surface area is 153 Å². The molecule has 4 nitrogen and oxygen atoms in total. The van der Waals surface area contributed by atoms with E-state index in [2.05, 4.69) is 24.1 Å². The summed E-state index contributed by atoms with van der Waals surface area (Å²) in [7, 11) is 0. The molecular formula is C22H22N2O2. The Hall–Kier alpha value is -3.14. The van der Waals surface area contributed by atoms with Crippen molar-refractivity contribution in [1.82, 2.24) is 0 Å². The van der Waals surface area contributed by atoms with E-state index in [4.69, 9.17) is 4.74 Å². The maximum atomic E-state index is 10.0. The van der Waals surface area contributed by atoms with E-state index in [1.54, 1.807) is 6.07 Å². The fraction of sp³-hybridized carbons (Fsp3) is 0.182. The number of azo groups is 1. The van der Waals surface area contributed by atoms with Gasteiger partial charge in [0.25, 0.3) is 0 Å². The average Bonchev–Trinajstić information content (AvgIpc) is 2.68. The van der Waals surface area contributed by atoms with Crippen LogP contribution in [0.25, 0.3) is 0 Å². The maximum Gasteiger partial charge on any atom is 0.143 e. The molecule has 26 heavy (non-hydrogen) atoms. The number of aromatic hydroxyl groups is 1. The summed E-state index contributed by atoms with van der Waals surface area (Å²) in [6.07, 6.45) is 1.03. The molecular weight excluding hydrogens is 324 g/mol. The number of hydrogen-bond donors (Lipinski definition) is 1. The normalized spacial score (nSPS) is 12.2. The van der Waals surface area contributed by atoms with Crippen LogP contribution in [0.4, 0.5) is 11.4 Å². The zero-order valence-corrected chi connectivity index (χ0v) is 15.0. The van der Waals surface area contributed by atoms with E-state index in [9.17, 15) is 5.11 Å². The van der Waals surface area contributed by atoms with Gasteiger partial charge in [0.15, 0.2) is 0 Å². The number of rotatable bonds is 6. The Balaban J connectivity index is 1.73. The third-order valence-electron chi connectivity index (χ3n) is 4.27. The standard InChI is InChI=1S/C22H22N2O2/c1-3-16(2)17-9-14-22(25)21(15-17)24-23-18-10-12-20(13-11-18)26-19-7-5-4-6-8-19/h4-16,25H,3H2,1-2H3. The predicted molar refractivity (Wildman–Crippen MR) is 104 cm³/mol. The van der Waals surface area contributed by atoms with Gasteiger partial charge in [0.2, 0.25) is 0 Å². The lowest BCUT2D eigenvalue weighted by atomic mass is 9.98. The van der Waals surface area contributed by atoms with E-state index < -0.39 is 0 Å². The van der Waals surface area contributed by atoms with Gasteiger partial charge in [-0.05, 0) is 66.4 Å². The van der Waals surface area contributed by atoms with Gasteiger partial charge in [0.1, 0.15) is 22.9 Å². The lowest BCUT2D eigenvalue weighted by Gasteiger charge is -2.09. The summed E-state index contributed by atoms with van der Waals surface area (Å²) in [5.74, 6) is 2.06. The number of phenols is 1. The third-order valence-corrected chi connectivity index (χ3v) is 4.27. The smallest absolute Gasteiger partial charge is 0.143 e. The van der Waals surface area contributed by atoms with Crippen molar-refractivity contribution in [3.63, 3.8) is 0 Å². The van der Waals surface area contributed by atoms with Crippen molar-refractivity contribution in [3.05, 3.63) is 78.4 Å². The predicted octanol–water partition coefficient (Wildman–Crippen LogP) is 7.11. The number of phenolic OH excluding ortho intramolecular Hbond substituents is 1. The van der Waals surface area contributed by atoms with Gasteiger partial charge in [-0.3, -0.25) is 0 Å². The first-order valence-corrected chi connectivity index (χ1v) is 8.73. The average molecular weight is 346 g/mol. The molecule has 0 aromatic heterocycles. The SMILES string of the molecule is CCC(C)c1ccc(O)c(N=Nc2ccc(Oc3ccccc3)cc2)c1. The zero-order valence-electron chi connectivity index (χ0n) is 15.0. The molecule has 0 aliphatic rings. The minimum Gasteiger partial charge on any atom is -0.506 e. The maximum absolute atomic E-state index is 10.0. The van der Waals surface area contributed by atoms with E-state index in [1.807, 2.05) is 66.7 Å². The summed E-state index contributed by atoms with van der Waals surface area (Å²) in [6, 6.07) is 22.5. The Morgan fingerprint density at radius 2 is 1.58 bits per heavy atom. The van der Waals surface area contributed by atoms with Gasteiger partial charge in [-0.15, -0.1) is 5.11 Å². The van der Waals surface area contributed by atoms with Crippen LogP contribution in [0.1, 0.15) is 31.7 Å². The summed E-state index contributed by atoms with van der Waals surface area (Å²) in [5, 5.41) is 18.4. The molecule has 0 spiro atoms. The van der Waals surface area contributed by atoms with Gasteiger partial charge in [-0.1, -0.05) is 38.1 Å². The Morgan fingerprint density at radius 3 is 2.27 bits per heavy atom. The van der Waals surface area contributed by atoms with Crippen molar-refractivity contribution in [2.75, 3.05) is 0 Å². The summed E-state index contributed by atoms with van der Waals surface area (Å²) in [4.78, 5) is 0. The molecule has 1 atom stereocenters. The molecule has 1 N–H and O–H groups in total. The van der Waals surface area contributed by atoms with Crippen LogP contribution in [0.3, 0.4) is 0 Å². The van der Waals surface area contributed by atoms with Gasteiger partial charge >= 0.3 is 0 Å². The van der Waals surface area contributed by atoms with Crippen LogP contribution in [0.2, 0.25) is 0 Å². The van der Waals surface area contributed by atoms with E-state index in [0.717, 1.165) is 23.5 Å². The highest BCUT2D eigenvalue weighted by atomic mass is 16.5. The fourth-order valence-electron chi connectivity index (χ4n) is 2.48. The molecule has 3 aromatic carbocycles. The molecule has 1 unspecified atom stereocenters. The first-order valence-electron chi connectivity index (χ1n) is 8.73. The van der Waals surface area contributed by atoms with E-state index in [0.29, 0.717) is 17.3 Å². The van der Waals surface area contributed by atoms with E-state index in [-0.39, 0.29) is 5.75 Å². The van der Waals surface area contributed by atoms with Gasteiger partial charge in [-0.25, -0.2) is 0 Å². The highest BCUT2D eigenvalue weighted by Gasteiger charge is 2.07. The van der Waals surface area contributed by atoms with Crippen molar-refractivity contribution in [1.29, 1.82) is 0 Å². The van der Waals surface area contributed by atoms with Crippen molar-refractivity contribution in [2.45, 2.75) is 26.2 Å². The van der Waals surface area contributed by atoms with Gasteiger partial charge in [0, 0.05) is 0 Å². The quantitative estimate of drug-likeness (QED) is 0.483. The largest absolute Gasteiger partial charge is 0.506 e. The summed E-state index contributed by atoms with van der Waals surface area (Å²) in [5.41, 5.74) is 2.32. The van der Waals surface area contributed by atoms with Gasteiger partial charge in [-0.2, -0.15) is 5.11 Å². The van der Waals surface area contributed by atoms with Crippen LogP contribution in [0, 0.1) is 0 Å². The van der Waals surface area contributed by atoms with Crippen LogP contribution in [0.15, 0.2) is 83.0 Å². The first-order chi connectivity index (χ1) is 12.7. The Bertz CT molecular complexity index is 874. The molecule has 0 saturated carbocycles. The molecule has 0 aliphatic carbocycles. The van der Waals surface area contributed by atoms with Crippen LogP contribution in [0.5, 0.6) is 17.2 Å². The molecule has 3 aromatic rings. The van der Waals surface area contributed by atoms with Crippen LogP contribution < -0.4 is 4.74 Å². The Morgan fingerprint density at radius 1 is 0.885 bits per heavy atom. The summed E-state index contributed by atoms with van der Waals surface area (Å²) < 4.78 is 5.76. The van der Waals surface area contributed by atoms with Crippen molar-refractivity contribution < 1.29 is 9.84 Å². The lowest BCUT2D eigenvalue weighted by Crippen LogP contribution is -1.90. The van der Waals surface area contributed by atoms with E-state index >= 15 is 0 Å². The van der Waals surface area contributed by atoms with Gasteiger partial charge in [0.05, 0.1) is 5.69 Å². The second-order valence-electron chi connectivity index (χ2n) is 6.17. The number of nitrogens with zero attached hydrogens (tertiary/aromatic N) is 2. The highest BCUT2D eigenvalue weighted by molar-refractivity contribution is 5.53. The molecule has 4 heteroatoms. The molecule has 3 rings (SSSR count). The minimum atomic E-state index is 0.129. The number of hydrogen-bond acceptors (Lipinski definition) is 4. The number of para-hydroxylation sites is 1. The molecule has 0 fully saturated rings. The number of benzene rings is 3. The molecule has 0 radical (unpaired) electrons. The molecule has 0 heterocycles. The highest BCUT2D eigenvalue weighted by Crippen LogP contribution is 2.33. The van der Waals surface area contributed by atoms with Crippen molar-refractivity contribution >= 4 is 11.4 Å². The summed E-state index contributed by atoms with van der Waals surface area (Å²) in [6.45, 7) is 4.29. The second-order valence-corrected chi connectivity index (χ2v) is 6.17. The lowest BCUT2D eigenvalue weighted by molar-refractivity contribution is 0.476. The molecule has 132 valence electrons. The van der Waals surface area contributed by atoms with Crippen molar-refractivity contribution in [3.8, 4) is 17.2 Å².